The molecule has 5 N–H and O–H groups in total. The molecule has 0 atom stereocenters. The highest BCUT2D eigenvalue weighted by Gasteiger charge is 2.24. The molecule has 9 nitrogen and oxygen atoms in total. The molecule has 0 saturated carbocycles. The molecule has 120 valence electrons. The van der Waals surface area contributed by atoms with Crippen LogP contribution in [0.2, 0.25) is 0 Å². The fourth-order valence-electron chi connectivity index (χ4n) is 1.31. The van der Waals surface area contributed by atoms with E-state index in [2.05, 4.69) is 0 Å². The topological polar surface area (TPSA) is 169 Å². The Kier molecular flexibility index (Phi) is 7.25. The summed E-state index contributed by atoms with van der Waals surface area (Å²) in [5.74, 6) is -6.64. The van der Waals surface area contributed by atoms with Crippen LogP contribution in [-0.2, 0) is 0 Å². The van der Waals surface area contributed by atoms with Crippen LogP contribution in [0.25, 0.3) is 0 Å². The van der Waals surface area contributed by atoms with Gasteiger partial charge in [0.25, 0.3) is 0 Å². The second-order valence-corrected chi connectivity index (χ2v) is 3.89. The number of carboxylic acid groups (broad SMARTS) is 4. The fraction of sp³-hybridized carbons (Fsp3) is 0.231. The maximum Gasteiger partial charge on any atom is 0.336 e. The molecule has 0 fully saturated rings. The Morgan fingerprint density at radius 1 is 0.727 bits per heavy atom. The standard InChI is InChI=1S/C10H6O8.C3H8O/c11-7(12)3-1-4(8(13)14)6(10(17)18)2-5(3)9(15)16;1-2-3-4/h1-2H,(H,11,12)(H,13,14)(H,15,16)(H,17,18);4H,2-3H2,1H3. The summed E-state index contributed by atoms with van der Waals surface area (Å²) in [6.45, 7) is 2.25. The predicted octanol–water partition coefficient (Wildman–Crippen LogP) is 0.868. The minimum absolute atomic E-state index is 0.319. The van der Waals surface area contributed by atoms with Gasteiger partial charge in [-0.25, -0.2) is 19.2 Å². The predicted molar refractivity (Wildman–Crippen MR) is 71.7 cm³/mol. The Morgan fingerprint density at radius 2 is 0.909 bits per heavy atom. The maximum atomic E-state index is 10.8. The van der Waals surface area contributed by atoms with Gasteiger partial charge in [0.15, 0.2) is 0 Å². The van der Waals surface area contributed by atoms with Crippen molar-refractivity contribution in [1.82, 2.24) is 0 Å². The number of aromatic carboxylic acids is 4. The lowest BCUT2D eigenvalue weighted by Gasteiger charge is -2.06. The molecule has 1 rings (SSSR count). The smallest absolute Gasteiger partial charge is 0.336 e. The van der Waals surface area contributed by atoms with Gasteiger partial charge in [-0.05, 0) is 18.6 Å². The van der Waals surface area contributed by atoms with E-state index in [1.165, 1.54) is 0 Å². The molecule has 0 unspecified atom stereocenters. The van der Waals surface area contributed by atoms with Crippen molar-refractivity contribution in [2.24, 2.45) is 0 Å². The quantitative estimate of drug-likeness (QED) is 0.529. The van der Waals surface area contributed by atoms with E-state index in [1.54, 1.807) is 0 Å². The third-order valence-electron chi connectivity index (χ3n) is 2.30. The van der Waals surface area contributed by atoms with Crippen LogP contribution >= 0.6 is 0 Å². The van der Waals surface area contributed by atoms with Crippen molar-refractivity contribution in [3.8, 4) is 0 Å². The molecule has 0 aliphatic rings. The summed E-state index contributed by atoms with van der Waals surface area (Å²) in [5, 5.41) is 42.9. The van der Waals surface area contributed by atoms with E-state index in [-0.39, 0.29) is 0 Å². The summed E-state index contributed by atoms with van der Waals surface area (Å²) in [4.78, 5) is 43.1. The number of hydrogen-bond acceptors (Lipinski definition) is 5. The van der Waals surface area contributed by atoms with Gasteiger partial charge in [-0.1, -0.05) is 6.92 Å². The molecule has 0 saturated heterocycles. The highest BCUT2D eigenvalue weighted by Crippen LogP contribution is 2.18. The number of carbonyl (C=O) groups is 4. The minimum atomic E-state index is -1.66. The molecule has 0 aromatic heterocycles. The summed E-state index contributed by atoms with van der Waals surface area (Å²) in [7, 11) is 0. The highest BCUT2D eigenvalue weighted by atomic mass is 16.4. The zero-order valence-corrected chi connectivity index (χ0v) is 11.4. The number of carboxylic acids is 4. The Balaban J connectivity index is 0.000000980. The van der Waals surface area contributed by atoms with Gasteiger partial charge in [0.1, 0.15) is 0 Å². The van der Waals surface area contributed by atoms with Crippen LogP contribution < -0.4 is 0 Å². The lowest BCUT2D eigenvalue weighted by molar-refractivity contribution is 0.0637. The third kappa shape index (κ3) is 4.87. The van der Waals surface area contributed by atoms with E-state index in [0.717, 1.165) is 6.42 Å². The van der Waals surface area contributed by atoms with Crippen LogP contribution in [0.4, 0.5) is 0 Å². The first-order valence-electron chi connectivity index (χ1n) is 5.89. The lowest BCUT2D eigenvalue weighted by atomic mass is 9.98. The molecule has 0 heterocycles. The Labute approximate surface area is 124 Å². The van der Waals surface area contributed by atoms with Crippen LogP contribution in [0.15, 0.2) is 12.1 Å². The molecule has 22 heavy (non-hydrogen) atoms. The molecule has 1 aromatic rings. The van der Waals surface area contributed by atoms with E-state index in [9.17, 15) is 19.2 Å². The highest BCUT2D eigenvalue weighted by molar-refractivity contribution is 6.09. The molecule has 0 aliphatic heterocycles. The molecular formula is C13H14O9. The van der Waals surface area contributed by atoms with E-state index in [1.807, 2.05) is 6.92 Å². The molecule has 9 heteroatoms. The first-order valence-corrected chi connectivity index (χ1v) is 5.89. The Hall–Kier alpha value is -2.94. The zero-order valence-electron chi connectivity index (χ0n) is 11.4. The fourth-order valence-corrected chi connectivity index (χ4v) is 1.31. The SMILES string of the molecule is CCCO.O=C(O)c1cc(C(=O)O)c(C(=O)O)cc1C(=O)O. The summed E-state index contributed by atoms with van der Waals surface area (Å²) < 4.78 is 0. The molecule has 0 amide bonds. The monoisotopic (exact) mass is 314 g/mol. The Bertz CT molecular complexity index is 504. The lowest BCUT2D eigenvalue weighted by Crippen LogP contribution is -2.15. The summed E-state index contributed by atoms with van der Waals surface area (Å²) >= 11 is 0. The van der Waals surface area contributed by atoms with E-state index >= 15 is 0 Å². The van der Waals surface area contributed by atoms with Crippen molar-refractivity contribution in [2.75, 3.05) is 6.61 Å². The molecular weight excluding hydrogens is 300 g/mol. The molecule has 0 bridgehead atoms. The number of aliphatic hydroxyl groups is 1. The first kappa shape index (κ1) is 19.1. The van der Waals surface area contributed by atoms with Crippen molar-refractivity contribution in [3.05, 3.63) is 34.4 Å². The van der Waals surface area contributed by atoms with Crippen LogP contribution in [0.5, 0.6) is 0 Å². The molecule has 0 aliphatic carbocycles. The number of rotatable bonds is 5. The summed E-state index contributed by atoms with van der Waals surface area (Å²) in [5.41, 5.74) is -3.15. The van der Waals surface area contributed by atoms with E-state index < -0.39 is 46.1 Å². The summed E-state index contributed by atoms with van der Waals surface area (Å²) in [6.07, 6.45) is 0.875. The first-order chi connectivity index (χ1) is 10.2. The van der Waals surface area contributed by atoms with Gasteiger partial charge in [-0.15, -0.1) is 0 Å². The average molecular weight is 314 g/mol. The van der Waals surface area contributed by atoms with Crippen molar-refractivity contribution < 1.29 is 44.7 Å². The van der Waals surface area contributed by atoms with Gasteiger partial charge < -0.3 is 25.5 Å². The van der Waals surface area contributed by atoms with Gasteiger partial charge in [0.05, 0.1) is 22.3 Å². The summed E-state index contributed by atoms with van der Waals surface area (Å²) in [6, 6.07) is 1.02. The van der Waals surface area contributed by atoms with Crippen LogP contribution in [0.1, 0.15) is 54.8 Å². The maximum absolute atomic E-state index is 10.8. The molecule has 1 aromatic carbocycles. The van der Waals surface area contributed by atoms with Crippen LogP contribution in [-0.4, -0.2) is 56.0 Å². The Morgan fingerprint density at radius 3 is 1.00 bits per heavy atom. The van der Waals surface area contributed by atoms with Gasteiger partial charge in [-0.3, -0.25) is 0 Å². The van der Waals surface area contributed by atoms with Gasteiger partial charge in [-0.2, -0.15) is 0 Å². The van der Waals surface area contributed by atoms with E-state index in [4.69, 9.17) is 25.5 Å². The number of benzene rings is 1. The van der Waals surface area contributed by atoms with Gasteiger partial charge in [0.2, 0.25) is 0 Å². The number of aliphatic hydroxyl groups excluding tert-OH is 1. The second kappa shape index (κ2) is 8.37. The van der Waals surface area contributed by atoms with E-state index in [0.29, 0.717) is 18.7 Å². The average Bonchev–Trinajstić information content (AvgIpc) is 2.45. The second-order valence-electron chi connectivity index (χ2n) is 3.89. The van der Waals surface area contributed by atoms with Crippen molar-refractivity contribution >= 4 is 23.9 Å². The minimum Gasteiger partial charge on any atom is -0.478 e. The molecule has 0 spiro atoms. The normalized spacial score (nSPS) is 9.36. The largest absolute Gasteiger partial charge is 0.478 e. The van der Waals surface area contributed by atoms with Gasteiger partial charge >= 0.3 is 23.9 Å². The van der Waals surface area contributed by atoms with Crippen LogP contribution in [0.3, 0.4) is 0 Å². The van der Waals surface area contributed by atoms with Crippen molar-refractivity contribution in [2.45, 2.75) is 13.3 Å². The number of hydrogen-bond donors (Lipinski definition) is 5. The third-order valence-corrected chi connectivity index (χ3v) is 2.30. The van der Waals surface area contributed by atoms with Gasteiger partial charge in [0, 0.05) is 6.61 Å². The van der Waals surface area contributed by atoms with Crippen LogP contribution in [0, 0.1) is 0 Å². The molecule has 0 radical (unpaired) electrons. The van der Waals surface area contributed by atoms with Crippen molar-refractivity contribution in [3.63, 3.8) is 0 Å². The zero-order chi connectivity index (χ0) is 17.4. The van der Waals surface area contributed by atoms with Crippen molar-refractivity contribution in [1.29, 1.82) is 0 Å².